The van der Waals surface area contributed by atoms with Gasteiger partial charge >= 0.3 is 12.1 Å². The van der Waals surface area contributed by atoms with Gasteiger partial charge in [0.25, 0.3) is 11.3 Å². The Morgan fingerprint density at radius 2 is 1.93 bits per heavy atom. The fourth-order valence-corrected chi connectivity index (χ4v) is 7.01. The van der Waals surface area contributed by atoms with Crippen molar-refractivity contribution in [3.8, 4) is 10.6 Å². The molecule has 0 bridgehead atoms. The van der Waals surface area contributed by atoms with E-state index < -0.39 is 40.6 Å². The van der Waals surface area contributed by atoms with Gasteiger partial charge in [-0.15, -0.1) is 11.3 Å². The van der Waals surface area contributed by atoms with Gasteiger partial charge in [-0.2, -0.15) is 13.2 Å². The average molecular weight is 600 g/mol. The zero-order valence-corrected chi connectivity index (χ0v) is 22.4. The summed E-state index contributed by atoms with van der Waals surface area (Å²) in [6.07, 6.45) is -4.15. The summed E-state index contributed by atoms with van der Waals surface area (Å²) < 4.78 is 72.1. The normalized spacial score (nSPS) is 21.7. The van der Waals surface area contributed by atoms with Gasteiger partial charge < -0.3 is 19.3 Å². The van der Waals surface area contributed by atoms with Crippen molar-refractivity contribution in [3.63, 3.8) is 0 Å². The standard InChI is InChI=1S/C25H24F3N3O7S2/c26-25(27,28)20-13-18(29-38-20)19-6-8-22(39-19)31(40(35)36)24(23(33)34)14-17(24)16-4-2-1-3-15(16)5-7-21(32)30-9-11-37-12-10-30/h1-4,6,8,13,17H,5,7,9-12,14H2,(H,33,34)(H,35,36). The number of alkyl halides is 3. The molecule has 2 N–H and O–H groups in total. The van der Waals surface area contributed by atoms with Crippen molar-refractivity contribution in [1.29, 1.82) is 0 Å². The second-order valence-corrected chi connectivity index (χ2v) is 11.3. The Morgan fingerprint density at radius 3 is 2.58 bits per heavy atom. The van der Waals surface area contributed by atoms with Crippen molar-refractivity contribution < 1.29 is 45.9 Å². The number of anilines is 1. The molecule has 1 saturated carbocycles. The second-order valence-electron chi connectivity index (χ2n) is 9.42. The van der Waals surface area contributed by atoms with Crippen molar-refractivity contribution >= 4 is 39.5 Å². The van der Waals surface area contributed by atoms with Gasteiger partial charge in [0.2, 0.25) is 11.7 Å². The van der Waals surface area contributed by atoms with Gasteiger partial charge in [0.15, 0.2) is 5.54 Å². The molecule has 0 spiro atoms. The van der Waals surface area contributed by atoms with E-state index in [1.54, 1.807) is 29.2 Å². The number of benzene rings is 1. The molecule has 2 aliphatic rings. The monoisotopic (exact) mass is 599 g/mol. The fourth-order valence-electron chi connectivity index (χ4n) is 4.99. The molecule has 2 fully saturated rings. The Labute approximate surface area is 232 Å². The molecule has 1 aromatic carbocycles. The van der Waals surface area contributed by atoms with Crippen LogP contribution in [0.3, 0.4) is 0 Å². The van der Waals surface area contributed by atoms with Gasteiger partial charge in [-0.3, -0.25) is 9.35 Å². The molecular formula is C25H24F3N3O7S2. The van der Waals surface area contributed by atoms with E-state index in [2.05, 4.69) is 9.68 Å². The number of hydrogen-bond acceptors (Lipinski definition) is 7. The van der Waals surface area contributed by atoms with E-state index in [-0.39, 0.29) is 34.3 Å². The maximum absolute atomic E-state index is 12.9. The Hall–Kier alpha value is -3.27. The lowest BCUT2D eigenvalue weighted by molar-refractivity contribution is -0.155. The smallest absolute Gasteiger partial charge is 0.452 e. The molecule has 1 amide bonds. The molecule has 3 unspecified atom stereocenters. The van der Waals surface area contributed by atoms with E-state index in [9.17, 15) is 36.6 Å². The van der Waals surface area contributed by atoms with Crippen molar-refractivity contribution in [1.82, 2.24) is 10.1 Å². The Morgan fingerprint density at radius 1 is 1.20 bits per heavy atom. The molecule has 3 aromatic rings. The zero-order chi connectivity index (χ0) is 28.7. The number of aliphatic carboxylic acids is 1. The van der Waals surface area contributed by atoms with Crippen LogP contribution >= 0.6 is 11.3 Å². The Bertz CT molecular complexity index is 1440. The molecule has 40 heavy (non-hydrogen) atoms. The number of morpholine rings is 1. The zero-order valence-electron chi connectivity index (χ0n) is 20.8. The van der Waals surface area contributed by atoms with E-state index >= 15 is 0 Å². The molecular weight excluding hydrogens is 575 g/mol. The fraction of sp³-hybridized carbons (Fsp3) is 0.400. The summed E-state index contributed by atoms with van der Waals surface area (Å²) in [7, 11) is 0. The summed E-state index contributed by atoms with van der Waals surface area (Å²) in [4.78, 5) is 27.3. The molecule has 1 aliphatic carbocycles. The third-order valence-electron chi connectivity index (χ3n) is 7.06. The topological polar surface area (TPSA) is 133 Å². The SMILES string of the molecule is O=C(CCc1ccccc1C1CC1(C(=O)O)N(c1ccc(-c2cc(C(F)(F)F)on2)s1)S(=O)O)N1CCOCC1. The summed E-state index contributed by atoms with van der Waals surface area (Å²) in [6, 6.07) is 10.5. The first kappa shape index (κ1) is 28.3. The average Bonchev–Trinajstić information content (AvgIpc) is 3.24. The highest BCUT2D eigenvalue weighted by Gasteiger charge is 2.67. The summed E-state index contributed by atoms with van der Waals surface area (Å²) in [5, 5.41) is 13.8. The lowest BCUT2D eigenvalue weighted by atomic mass is 9.96. The number of aromatic nitrogens is 1. The quantitative estimate of drug-likeness (QED) is 0.350. The maximum Gasteiger partial charge on any atom is 0.452 e. The van der Waals surface area contributed by atoms with Crippen LogP contribution in [0.15, 0.2) is 47.0 Å². The first-order valence-electron chi connectivity index (χ1n) is 12.2. The molecule has 1 saturated heterocycles. The first-order chi connectivity index (χ1) is 19.0. The van der Waals surface area contributed by atoms with Gasteiger partial charge in [-0.1, -0.05) is 29.4 Å². The summed E-state index contributed by atoms with van der Waals surface area (Å²) in [5.41, 5.74) is -0.514. The lowest BCUT2D eigenvalue weighted by Crippen LogP contribution is -2.46. The molecule has 10 nitrogen and oxygen atoms in total. The number of carboxylic acids is 1. The van der Waals surface area contributed by atoms with Crippen LogP contribution in [0.5, 0.6) is 0 Å². The number of ether oxygens (including phenoxy) is 1. The van der Waals surface area contributed by atoms with Gasteiger partial charge in [0.1, 0.15) is 10.7 Å². The van der Waals surface area contributed by atoms with Crippen molar-refractivity contribution in [3.05, 3.63) is 59.4 Å². The van der Waals surface area contributed by atoms with Gasteiger partial charge in [-0.25, -0.2) is 13.3 Å². The van der Waals surface area contributed by atoms with Crippen LogP contribution in [0.2, 0.25) is 0 Å². The maximum atomic E-state index is 12.9. The lowest BCUT2D eigenvalue weighted by Gasteiger charge is -2.27. The minimum atomic E-state index is -4.74. The summed E-state index contributed by atoms with van der Waals surface area (Å²) in [5.74, 6) is -3.34. The summed E-state index contributed by atoms with van der Waals surface area (Å²) >= 11 is -1.96. The predicted molar refractivity (Wildman–Crippen MR) is 138 cm³/mol. The molecule has 2 aromatic heterocycles. The van der Waals surface area contributed by atoms with Gasteiger partial charge in [0.05, 0.1) is 18.1 Å². The largest absolute Gasteiger partial charge is 0.479 e. The van der Waals surface area contributed by atoms with E-state index in [0.717, 1.165) is 21.2 Å². The predicted octanol–water partition coefficient (Wildman–Crippen LogP) is 4.17. The highest BCUT2D eigenvalue weighted by molar-refractivity contribution is 7.81. The van der Waals surface area contributed by atoms with Crippen LogP contribution in [0.1, 0.15) is 35.6 Å². The third-order valence-corrected chi connectivity index (χ3v) is 9.10. The third kappa shape index (κ3) is 5.38. The molecule has 15 heteroatoms. The molecule has 214 valence electrons. The van der Waals surface area contributed by atoms with Gasteiger partial charge in [-0.05, 0) is 36.1 Å². The van der Waals surface area contributed by atoms with E-state index in [0.29, 0.717) is 44.4 Å². The number of nitrogens with zero attached hydrogens (tertiary/aromatic N) is 3. The van der Waals surface area contributed by atoms with Gasteiger partial charge in [0, 0.05) is 31.5 Å². The number of amides is 1. The Balaban J connectivity index is 1.40. The molecule has 3 heterocycles. The number of aryl methyl sites for hydroxylation is 1. The van der Waals surface area contributed by atoms with E-state index in [4.69, 9.17) is 4.74 Å². The van der Waals surface area contributed by atoms with E-state index in [1.807, 2.05) is 0 Å². The number of hydrogen-bond donors (Lipinski definition) is 2. The number of carbonyl (C=O) groups excluding carboxylic acids is 1. The van der Waals surface area contributed by atoms with E-state index in [1.165, 1.54) is 12.1 Å². The molecule has 1 aliphatic heterocycles. The van der Waals surface area contributed by atoms with Crippen molar-refractivity contribution in [2.45, 2.75) is 36.9 Å². The Kier molecular flexibility index (Phi) is 7.74. The number of thiophene rings is 1. The summed E-state index contributed by atoms with van der Waals surface area (Å²) in [6.45, 7) is 1.98. The first-order valence-corrected chi connectivity index (χ1v) is 14.1. The minimum Gasteiger partial charge on any atom is -0.479 e. The number of halogens is 3. The highest BCUT2D eigenvalue weighted by Crippen LogP contribution is 2.59. The van der Waals surface area contributed by atoms with Crippen LogP contribution in [0, 0.1) is 0 Å². The highest BCUT2D eigenvalue weighted by atomic mass is 32.2. The number of carboxylic acid groups (broad SMARTS) is 1. The number of rotatable bonds is 9. The van der Waals surface area contributed by atoms with Crippen molar-refractivity contribution in [2.75, 3.05) is 30.6 Å². The molecule has 5 rings (SSSR count). The van der Waals surface area contributed by atoms with Crippen LogP contribution in [0.4, 0.5) is 18.2 Å². The van der Waals surface area contributed by atoms with Crippen LogP contribution in [0.25, 0.3) is 10.6 Å². The number of carbonyl (C=O) groups is 2. The minimum absolute atomic E-state index is 0.0124. The molecule has 0 radical (unpaired) electrons. The van der Waals surface area contributed by atoms with Crippen LogP contribution < -0.4 is 4.31 Å². The van der Waals surface area contributed by atoms with Crippen LogP contribution in [-0.2, 0) is 38.2 Å². The van der Waals surface area contributed by atoms with Crippen LogP contribution in [-0.4, -0.2) is 67.6 Å². The second kappa shape index (κ2) is 11.0. The molecule has 3 atom stereocenters. The van der Waals surface area contributed by atoms with Crippen molar-refractivity contribution in [2.24, 2.45) is 0 Å².